The third-order valence-corrected chi connectivity index (χ3v) is 2.97. The van der Waals surface area contributed by atoms with E-state index < -0.39 is 68.7 Å². The van der Waals surface area contributed by atoms with Crippen LogP contribution < -0.4 is 33.7 Å². The molecule has 21 nitrogen and oxygen atoms in total. The lowest BCUT2D eigenvalue weighted by molar-refractivity contribution is 0.0679. The number of aromatic carboxylic acids is 3. The van der Waals surface area contributed by atoms with Crippen LogP contribution in [0.1, 0.15) is 31.5 Å². The van der Waals surface area contributed by atoms with Gasteiger partial charge in [-0.25, -0.2) is 28.8 Å². The highest BCUT2D eigenvalue weighted by molar-refractivity contribution is 5.85. The summed E-state index contributed by atoms with van der Waals surface area (Å²) in [5.74, 6) is -4.02. The van der Waals surface area contributed by atoms with Gasteiger partial charge in [-0.1, -0.05) is 0 Å². The van der Waals surface area contributed by atoms with E-state index in [-0.39, 0.29) is 16.4 Å². The smallest absolute Gasteiger partial charge is 0.352 e. The molecule has 21 heteroatoms. The number of rotatable bonds is 3. The molecule has 0 aliphatic rings. The Balaban J connectivity index is -0.000000436. The molecule has 0 amide bonds. The SMILES string of the molecule is O.O.O.O=C(O)c1cc(=O)[nH]c(=O)[nH]1.O=C(O)c1cc(=O)[nH]c(=O)[nH]1.O=C(O)c1cc(=O)[nH]c(=O)[nH]1. The number of aromatic amines is 6. The number of carboxylic acids is 3. The van der Waals surface area contributed by atoms with Crippen molar-refractivity contribution in [1.29, 1.82) is 0 Å². The summed E-state index contributed by atoms with van der Waals surface area (Å²) in [5.41, 5.74) is -5.92. The Bertz CT molecular complexity index is 1270. The van der Waals surface area contributed by atoms with E-state index in [9.17, 15) is 43.2 Å². The van der Waals surface area contributed by atoms with Crippen molar-refractivity contribution in [1.82, 2.24) is 29.9 Å². The minimum Gasteiger partial charge on any atom is -0.477 e. The highest BCUT2D eigenvalue weighted by Gasteiger charge is 2.04. The molecular formula is C15H18N6O15. The van der Waals surface area contributed by atoms with Crippen LogP contribution in [0.4, 0.5) is 0 Å². The Morgan fingerprint density at radius 1 is 0.444 bits per heavy atom. The maximum absolute atomic E-state index is 10.5. The monoisotopic (exact) mass is 522 g/mol. The Hall–Kier alpha value is -5.67. The molecule has 15 N–H and O–H groups in total. The van der Waals surface area contributed by atoms with Gasteiger partial charge >= 0.3 is 35.0 Å². The van der Waals surface area contributed by atoms with Crippen molar-refractivity contribution in [3.05, 3.63) is 97.8 Å². The number of carbonyl (C=O) groups is 3. The van der Waals surface area contributed by atoms with Gasteiger partial charge in [-0.3, -0.25) is 29.3 Å². The first-order chi connectivity index (χ1) is 15.3. The van der Waals surface area contributed by atoms with Crippen LogP contribution in [0.15, 0.2) is 47.0 Å². The highest BCUT2D eigenvalue weighted by Crippen LogP contribution is 1.83. The first kappa shape index (κ1) is 34.9. The van der Waals surface area contributed by atoms with E-state index >= 15 is 0 Å². The molecule has 0 aliphatic carbocycles. The van der Waals surface area contributed by atoms with Gasteiger partial charge in [0.05, 0.1) is 0 Å². The van der Waals surface area contributed by atoms with E-state index in [0.717, 1.165) is 18.2 Å². The quantitative estimate of drug-likeness (QED) is 0.155. The fourth-order valence-electron chi connectivity index (χ4n) is 1.75. The molecule has 3 aromatic rings. The largest absolute Gasteiger partial charge is 0.477 e. The summed E-state index contributed by atoms with van der Waals surface area (Å²) in [5, 5.41) is 24.9. The molecule has 0 fully saturated rings. The molecule has 0 saturated heterocycles. The molecule has 3 rings (SSSR count). The van der Waals surface area contributed by atoms with Gasteiger partial charge in [-0.05, 0) is 0 Å². The summed E-state index contributed by atoms with van der Waals surface area (Å²) >= 11 is 0. The number of hydrogen-bond donors (Lipinski definition) is 9. The fraction of sp³-hybridized carbons (Fsp3) is 0. The molecule has 0 spiro atoms. The fourth-order valence-corrected chi connectivity index (χ4v) is 1.75. The predicted molar refractivity (Wildman–Crippen MR) is 115 cm³/mol. The number of nitrogens with one attached hydrogen (secondary N) is 6. The molecule has 0 unspecified atom stereocenters. The zero-order chi connectivity index (χ0) is 25.3. The number of carboxylic acid groups (broad SMARTS) is 3. The second-order valence-electron chi connectivity index (χ2n) is 5.42. The van der Waals surface area contributed by atoms with Gasteiger partial charge in [0.25, 0.3) is 16.7 Å². The van der Waals surface area contributed by atoms with Crippen molar-refractivity contribution in [2.75, 3.05) is 0 Å². The normalized spacial score (nSPS) is 8.67. The van der Waals surface area contributed by atoms with Gasteiger partial charge in [0, 0.05) is 18.2 Å². The summed E-state index contributed by atoms with van der Waals surface area (Å²) in [6.07, 6.45) is 0. The van der Waals surface area contributed by atoms with Crippen molar-refractivity contribution in [3.8, 4) is 0 Å². The highest BCUT2D eigenvalue weighted by atomic mass is 16.4. The number of H-pyrrole nitrogens is 6. The topological polar surface area (TPSA) is 404 Å². The van der Waals surface area contributed by atoms with Crippen molar-refractivity contribution in [2.24, 2.45) is 0 Å². The summed E-state index contributed by atoms with van der Waals surface area (Å²) in [7, 11) is 0. The molecule has 0 bridgehead atoms. The predicted octanol–water partition coefficient (Wildman–Crippen LogP) is -6.19. The van der Waals surface area contributed by atoms with Gasteiger partial charge in [-0.15, -0.1) is 0 Å². The maximum atomic E-state index is 10.5. The van der Waals surface area contributed by atoms with Gasteiger partial charge in [-0.2, -0.15) is 0 Å². The molecule has 198 valence electrons. The molecule has 3 aromatic heterocycles. The van der Waals surface area contributed by atoms with E-state index in [0.29, 0.717) is 0 Å². The summed E-state index contributed by atoms with van der Waals surface area (Å²) in [4.78, 5) is 105. The lowest BCUT2D eigenvalue weighted by Crippen LogP contribution is -2.24. The van der Waals surface area contributed by atoms with Crippen LogP contribution in [0.2, 0.25) is 0 Å². The van der Waals surface area contributed by atoms with Crippen molar-refractivity contribution in [3.63, 3.8) is 0 Å². The van der Waals surface area contributed by atoms with Crippen LogP contribution in [0.5, 0.6) is 0 Å². The van der Waals surface area contributed by atoms with Crippen molar-refractivity contribution >= 4 is 17.9 Å². The standard InChI is InChI=1S/3C5H4N2O4.3H2O/c3*8-3-1-2(4(9)10)6-5(11)7-3;;;/h3*1H,(H,9,10)(H2,6,7,8,11);3*1H2. The molecule has 0 aromatic carbocycles. The lowest BCUT2D eigenvalue weighted by Gasteiger charge is -1.89. The van der Waals surface area contributed by atoms with E-state index in [1.807, 2.05) is 29.9 Å². The van der Waals surface area contributed by atoms with Crippen LogP contribution in [-0.4, -0.2) is 79.6 Å². The Labute approximate surface area is 192 Å². The molecule has 3 heterocycles. The Kier molecular flexibility index (Phi) is 14.8. The van der Waals surface area contributed by atoms with E-state index in [1.165, 1.54) is 0 Å². The van der Waals surface area contributed by atoms with Crippen molar-refractivity contribution in [2.45, 2.75) is 0 Å². The van der Waals surface area contributed by atoms with Gasteiger partial charge < -0.3 is 46.7 Å². The van der Waals surface area contributed by atoms with Crippen LogP contribution in [0, 0.1) is 0 Å². The lowest BCUT2D eigenvalue weighted by atomic mass is 10.4. The minimum atomic E-state index is -1.34. The Morgan fingerprint density at radius 3 is 0.778 bits per heavy atom. The van der Waals surface area contributed by atoms with Crippen molar-refractivity contribution < 1.29 is 46.1 Å². The summed E-state index contributed by atoms with van der Waals surface area (Å²) in [6, 6.07) is 2.39. The number of aromatic nitrogens is 6. The van der Waals surface area contributed by atoms with E-state index in [1.54, 1.807) is 0 Å². The van der Waals surface area contributed by atoms with Gasteiger partial charge in [0.2, 0.25) is 0 Å². The van der Waals surface area contributed by atoms with Crippen LogP contribution in [0.25, 0.3) is 0 Å². The first-order valence-corrected chi connectivity index (χ1v) is 7.99. The second-order valence-corrected chi connectivity index (χ2v) is 5.42. The number of hydrogen-bond acceptors (Lipinski definition) is 9. The van der Waals surface area contributed by atoms with Gasteiger partial charge in [0.15, 0.2) is 0 Å². The average Bonchev–Trinajstić information content (AvgIpc) is 2.66. The third kappa shape index (κ3) is 11.8. The second kappa shape index (κ2) is 15.2. The molecule has 0 aliphatic heterocycles. The zero-order valence-electron chi connectivity index (χ0n) is 17.2. The molecule has 36 heavy (non-hydrogen) atoms. The molecule has 0 radical (unpaired) electrons. The Morgan fingerprint density at radius 2 is 0.639 bits per heavy atom. The van der Waals surface area contributed by atoms with E-state index in [4.69, 9.17) is 15.3 Å². The molecular weight excluding hydrogens is 504 g/mol. The minimum absolute atomic E-state index is 0. The average molecular weight is 522 g/mol. The third-order valence-electron chi connectivity index (χ3n) is 2.97. The first-order valence-electron chi connectivity index (χ1n) is 7.99. The maximum Gasteiger partial charge on any atom is 0.352 e. The van der Waals surface area contributed by atoms with Crippen LogP contribution >= 0.6 is 0 Å². The molecule has 0 atom stereocenters. The van der Waals surface area contributed by atoms with Crippen LogP contribution in [-0.2, 0) is 0 Å². The molecule has 0 saturated carbocycles. The van der Waals surface area contributed by atoms with Gasteiger partial charge in [0.1, 0.15) is 17.1 Å². The van der Waals surface area contributed by atoms with E-state index in [2.05, 4.69) is 0 Å². The zero-order valence-corrected chi connectivity index (χ0v) is 17.2. The summed E-state index contributed by atoms with van der Waals surface area (Å²) in [6.45, 7) is 0. The summed E-state index contributed by atoms with van der Waals surface area (Å²) < 4.78 is 0. The van der Waals surface area contributed by atoms with Crippen LogP contribution in [0.3, 0.4) is 0 Å².